The highest BCUT2D eigenvalue weighted by Gasteiger charge is 2.19. The molecule has 2 rings (SSSR count). The van der Waals surface area contributed by atoms with Crippen LogP contribution in [0.25, 0.3) is 0 Å². The van der Waals surface area contributed by atoms with Gasteiger partial charge in [0.05, 0.1) is 11.5 Å². The number of hydrogen-bond donors (Lipinski definition) is 2. The summed E-state index contributed by atoms with van der Waals surface area (Å²) in [5.41, 5.74) is 0.665. The van der Waals surface area contributed by atoms with E-state index in [4.69, 9.17) is 9.84 Å². The number of hydrogen-bond acceptors (Lipinski definition) is 5. The second-order valence-electron chi connectivity index (χ2n) is 4.35. The summed E-state index contributed by atoms with van der Waals surface area (Å²) >= 11 is 1.47. The number of sulfonamides is 1. The van der Waals surface area contributed by atoms with E-state index in [0.717, 1.165) is 11.6 Å². The van der Waals surface area contributed by atoms with Crippen LogP contribution in [0.4, 0.5) is 0 Å². The van der Waals surface area contributed by atoms with Gasteiger partial charge < -0.3 is 9.84 Å². The quantitative estimate of drug-likeness (QED) is 0.806. The maximum absolute atomic E-state index is 12.2. The van der Waals surface area contributed by atoms with Crippen LogP contribution in [0.15, 0.2) is 39.9 Å². The van der Waals surface area contributed by atoms with E-state index in [1.165, 1.54) is 23.5 Å². The van der Waals surface area contributed by atoms with E-state index in [9.17, 15) is 13.2 Å². The molecule has 0 aliphatic rings. The lowest BCUT2D eigenvalue weighted by atomic mass is 10.2. The molecule has 6 nitrogen and oxygen atoms in total. The second kappa shape index (κ2) is 6.91. The van der Waals surface area contributed by atoms with E-state index in [1.54, 1.807) is 6.92 Å². The summed E-state index contributed by atoms with van der Waals surface area (Å²) < 4.78 is 32.1. The lowest BCUT2D eigenvalue weighted by Gasteiger charge is -2.10. The molecule has 0 spiro atoms. The maximum Gasteiger partial charge on any atom is 0.339 e. The van der Waals surface area contributed by atoms with Crippen molar-refractivity contribution in [2.45, 2.75) is 18.4 Å². The van der Waals surface area contributed by atoms with E-state index in [0.29, 0.717) is 6.61 Å². The lowest BCUT2D eigenvalue weighted by molar-refractivity contribution is 0.0692. The van der Waals surface area contributed by atoms with Crippen molar-refractivity contribution in [3.05, 3.63) is 46.2 Å². The first kappa shape index (κ1) is 16.5. The van der Waals surface area contributed by atoms with Crippen LogP contribution in [0, 0.1) is 0 Å². The molecule has 0 amide bonds. The number of aromatic carboxylic acids is 1. The molecule has 0 aliphatic carbocycles. The van der Waals surface area contributed by atoms with Gasteiger partial charge in [-0.15, -0.1) is 0 Å². The SMILES string of the molecule is CCOc1ccc(S(=O)(=O)NCc2ccsc2)cc1C(=O)O. The third-order valence-electron chi connectivity index (χ3n) is 2.84. The molecule has 2 aromatic rings. The molecule has 0 saturated carbocycles. The largest absolute Gasteiger partial charge is 0.493 e. The minimum atomic E-state index is -3.79. The molecule has 0 aliphatic heterocycles. The van der Waals surface area contributed by atoms with Crippen LogP contribution in [0.1, 0.15) is 22.8 Å². The number of nitrogens with one attached hydrogen (secondary N) is 1. The molecule has 1 aromatic carbocycles. The Balaban J connectivity index is 2.26. The summed E-state index contributed by atoms with van der Waals surface area (Å²) in [6.45, 7) is 2.17. The molecule has 2 N–H and O–H groups in total. The molecule has 1 aromatic heterocycles. The average Bonchev–Trinajstić information content (AvgIpc) is 2.99. The zero-order chi connectivity index (χ0) is 16.2. The molecule has 1 heterocycles. The van der Waals surface area contributed by atoms with Gasteiger partial charge in [0.25, 0.3) is 0 Å². The van der Waals surface area contributed by atoms with Gasteiger partial charge in [-0.2, -0.15) is 11.3 Å². The smallest absolute Gasteiger partial charge is 0.339 e. The molecule has 118 valence electrons. The molecular formula is C14H15NO5S2. The second-order valence-corrected chi connectivity index (χ2v) is 6.90. The Hall–Kier alpha value is -1.90. The summed E-state index contributed by atoms with van der Waals surface area (Å²) in [4.78, 5) is 11.1. The van der Waals surface area contributed by atoms with Crippen molar-refractivity contribution in [1.29, 1.82) is 0 Å². The van der Waals surface area contributed by atoms with Crippen molar-refractivity contribution in [3.8, 4) is 5.75 Å². The van der Waals surface area contributed by atoms with E-state index >= 15 is 0 Å². The van der Waals surface area contributed by atoms with Crippen LogP contribution in [-0.2, 0) is 16.6 Å². The Labute approximate surface area is 132 Å². The third-order valence-corrected chi connectivity index (χ3v) is 4.97. The highest BCUT2D eigenvalue weighted by atomic mass is 32.2. The van der Waals surface area contributed by atoms with Crippen LogP contribution in [0.5, 0.6) is 5.75 Å². The van der Waals surface area contributed by atoms with Crippen molar-refractivity contribution in [1.82, 2.24) is 4.72 Å². The van der Waals surface area contributed by atoms with Crippen LogP contribution in [0.3, 0.4) is 0 Å². The van der Waals surface area contributed by atoms with Crippen molar-refractivity contribution >= 4 is 27.3 Å². The maximum atomic E-state index is 12.2. The molecule has 8 heteroatoms. The molecule has 0 radical (unpaired) electrons. The summed E-state index contributed by atoms with van der Waals surface area (Å²) in [6.07, 6.45) is 0. The van der Waals surface area contributed by atoms with Gasteiger partial charge >= 0.3 is 5.97 Å². The number of carboxylic acid groups (broad SMARTS) is 1. The Morgan fingerprint density at radius 2 is 2.14 bits per heavy atom. The number of carboxylic acids is 1. The van der Waals surface area contributed by atoms with E-state index in [2.05, 4.69) is 4.72 Å². The zero-order valence-electron chi connectivity index (χ0n) is 11.8. The van der Waals surface area contributed by atoms with Crippen LogP contribution in [-0.4, -0.2) is 26.1 Å². The first-order valence-electron chi connectivity index (χ1n) is 6.45. The molecule has 0 unspecified atom stereocenters. The first-order valence-corrected chi connectivity index (χ1v) is 8.87. The standard InChI is InChI=1S/C14H15NO5S2/c1-2-20-13-4-3-11(7-12(13)14(16)17)22(18,19)15-8-10-5-6-21-9-10/h3-7,9,15H,2,8H2,1H3,(H,16,17). The first-order chi connectivity index (χ1) is 10.4. The topological polar surface area (TPSA) is 92.7 Å². The Morgan fingerprint density at radius 3 is 2.73 bits per heavy atom. The van der Waals surface area contributed by atoms with Gasteiger partial charge in [0, 0.05) is 6.54 Å². The summed E-state index contributed by atoms with van der Waals surface area (Å²) in [7, 11) is -3.79. The van der Waals surface area contributed by atoms with Gasteiger partial charge in [0.1, 0.15) is 11.3 Å². The van der Waals surface area contributed by atoms with E-state index < -0.39 is 16.0 Å². The fourth-order valence-electron chi connectivity index (χ4n) is 1.78. The Bertz CT molecular complexity index is 754. The fourth-order valence-corrected chi connectivity index (χ4v) is 3.49. The van der Waals surface area contributed by atoms with E-state index in [1.807, 2.05) is 16.8 Å². The number of thiophene rings is 1. The summed E-state index contributed by atoms with van der Waals surface area (Å²) in [6, 6.07) is 5.59. The fraction of sp³-hybridized carbons (Fsp3) is 0.214. The zero-order valence-corrected chi connectivity index (χ0v) is 13.4. The minimum absolute atomic E-state index is 0.108. The van der Waals surface area contributed by atoms with Gasteiger partial charge in [-0.25, -0.2) is 17.9 Å². The van der Waals surface area contributed by atoms with Gasteiger partial charge in [0.2, 0.25) is 10.0 Å². The van der Waals surface area contributed by atoms with Crippen molar-refractivity contribution < 1.29 is 23.1 Å². The van der Waals surface area contributed by atoms with Gasteiger partial charge in [-0.1, -0.05) is 0 Å². The monoisotopic (exact) mass is 341 g/mol. The molecule has 22 heavy (non-hydrogen) atoms. The molecule has 0 atom stereocenters. The van der Waals surface area contributed by atoms with Gasteiger partial charge in [-0.3, -0.25) is 0 Å². The van der Waals surface area contributed by atoms with Gasteiger partial charge in [0.15, 0.2) is 0 Å². The highest BCUT2D eigenvalue weighted by Crippen LogP contribution is 2.23. The molecular weight excluding hydrogens is 326 g/mol. The number of carbonyl (C=O) groups is 1. The lowest BCUT2D eigenvalue weighted by Crippen LogP contribution is -2.23. The van der Waals surface area contributed by atoms with E-state index in [-0.39, 0.29) is 22.8 Å². The Morgan fingerprint density at radius 1 is 1.36 bits per heavy atom. The van der Waals surface area contributed by atoms with Crippen molar-refractivity contribution in [2.24, 2.45) is 0 Å². The van der Waals surface area contributed by atoms with Crippen LogP contribution >= 0.6 is 11.3 Å². The summed E-state index contributed by atoms with van der Waals surface area (Å²) in [5.74, 6) is -1.09. The van der Waals surface area contributed by atoms with Crippen molar-refractivity contribution in [3.63, 3.8) is 0 Å². The van der Waals surface area contributed by atoms with Crippen molar-refractivity contribution in [2.75, 3.05) is 6.61 Å². The predicted octanol–water partition coefficient (Wildman–Crippen LogP) is 2.32. The minimum Gasteiger partial charge on any atom is -0.493 e. The van der Waals surface area contributed by atoms with Crippen LogP contribution < -0.4 is 9.46 Å². The molecule has 0 fully saturated rings. The predicted molar refractivity (Wildman–Crippen MR) is 82.9 cm³/mol. The molecule has 0 saturated heterocycles. The van der Waals surface area contributed by atoms with Gasteiger partial charge in [-0.05, 0) is 47.5 Å². The average molecular weight is 341 g/mol. The normalized spacial score (nSPS) is 11.3. The Kier molecular flexibility index (Phi) is 5.17. The third kappa shape index (κ3) is 3.85. The highest BCUT2D eigenvalue weighted by molar-refractivity contribution is 7.89. The number of ether oxygens (including phenoxy) is 1. The number of benzene rings is 1. The molecule has 0 bridgehead atoms. The summed E-state index contributed by atoms with van der Waals surface area (Å²) in [5, 5.41) is 12.9. The van der Waals surface area contributed by atoms with Crippen LogP contribution in [0.2, 0.25) is 0 Å². The number of rotatable bonds is 7.